The van der Waals surface area contributed by atoms with Crippen LogP contribution in [0.4, 0.5) is 0 Å². The van der Waals surface area contributed by atoms with Crippen LogP contribution in [0, 0.1) is 55.4 Å². The van der Waals surface area contributed by atoms with Gasteiger partial charge in [-0.05, 0) is 130 Å². The van der Waals surface area contributed by atoms with E-state index < -0.39 is 0 Å². The van der Waals surface area contributed by atoms with Crippen molar-refractivity contribution in [2.24, 2.45) is 0 Å². The number of rotatable bonds is 0. The van der Waals surface area contributed by atoms with Gasteiger partial charge in [-0.1, -0.05) is 254 Å². The summed E-state index contributed by atoms with van der Waals surface area (Å²) in [6.45, 7) is 89.3. The molecule has 0 amide bonds. The van der Waals surface area contributed by atoms with E-state index in [9.17, 15) is 0 Å². The highest BCUT2D eigenvalue weighted by molar-refractivity contribution is 5.27. The van der Waals surface area contributed by atoms with Gasteiger partial charge in [0, 0.05) is 99.9 Å². The number of hydrogen-bond acceptors (Lipinski definition) is 11. The van der Waals surface area contributed by atoms with Crippen molar-refractivity contribution < 1.29 is 0 Å². The molecule has 0 atom stereocenters. The second-order valence-corrected chi connectivity index (χ2v) is 27.5. The molecular formula is C81H145N11. The standard InChI is InChI=1S/C11H17N.2C10H15N.4C9H14N2.7C2H6/c1-8-6-10(11(3,4)5)12-7-9(8)2;1-8-5-6-9(7-11-8)10(2,3)4;1-8-5-6-9(11-7-8)10(2,3)4;1-7-10-5-8(6-11-7)9(2,3)4;1-7-5-11-8(6-10-7)9(2,3)4;1-7-5-10-8(11-6-7)9(2,3)4;1-7-5-6-8(11-10-7)9(2,3)4;7*1-2/h6-7H,1-5H3;2*5-7H,1-4H3;4*5-6H,1-4H3;7*1-2H3. The molecule has 0 spiro atoms. The van der Waals surface area contributed by atoms with Crippen molar-refractivity contribution >= 4 is 0 Å². The number of hydrogen-bond donors (Lipinski definition) is 0. The molecule has 0 aromatic carbocycles. The zero-order valence-electron chi connectivity index (χ0n) is 68.2. The highest BCUT2D eigenvalue weighted by Gasteiger charge is 2.19. The molecule has 0 bridgehead atoms. The van der Waals surface area contributed by atoms with E-state index in [-0.39, 0.29) is 37.9 Å². The second-order valence-electron chi connectivity index (χ2n) is 27.5. The quantitative estimate of drug-likeness (QED) is 0.143. The minimum Gasteiger partial charge on any atom is -0.261 e. The maximum Gasteiger partial charge on any atom is 0.133 e. The van der Waals surface area contributed by atoms with Crippen molar-refractivity contribution in [3.05, 3.63) is 183 Å². The van der Waals surface area contributed by atoms with E-state index in [2.05, 4.69) is 252 Å². The maximum absolute atomic E-state index is 4.41. The fourth-order valence-electron chi connectivity index (χ4n) is 6.00. The molecule has 7 heterocycles. The van der Waals surface area contributed by atoms with Crippen LogP contribution in [0.1, 0.15) is 327 Å². The van der Waals surface area contributed by atoms with Gasteiger partial charge in [0.1, 0.15) is 11.6 Å². The molecule has 0 saturated heterocycles. The van der Waals surface area contributed by atoms with Gasteiger partial charge < -0.3 is 0 Å². The van der Waals surface area contributed by atoms with Crippen molar-refractivity contribution in [1.29, 1.82) is 0 Å². The van der Waals surface area contributed by atoms with Crippen LogP contribution in [0.3, 0.4) is 0 Å². The second kappa shape index (κ2) is 51.2. The topological polar surface area (TPSA) is 142 Å². The molecule has 0 aliphatic carbocycles. The molecule has 0 fully saturated rings. The average Bonchev–Trinajstić information content (AvgIpc) is 1.08. The smallest absolute Gasteiger partial charge is 0.133 e. The highest BCUT2D eigenvalue weighted by Crippen LogP contribution is 2.24. The molecule has 0 unspecified atom stereocenters. The van der Waals surface area contributed by atoms with Gasteiger partial charge in [0.2, 0.25) is 0 Å². The Morgan fingerprint density at radius 3 is 0.913 bits per heavy atom. The average molecular weight is 1270 g/mol. The summed E-state index contributed by atoms with van der Waals surface area (Å²) in [5.74, 6) is 1.74. The van der Waals surface area contributed by atoms with Gasteiger partial charge in [-0.15, -0.1) is 0 Å². The molecule has 0 radical (unpaired) electrons. The van der Waals surface area contributed by atoms with Gasteiger partial charge in [0.25, 0.3) is 0 Å². The summed E-state index contributed by atoms with van der Waals surface area (Å²) in [6, 6.07) is 14.6. The minimum absolute atomic E-state index is 0.0632. The van der Waals surface area contributed by atoms with E-state index in [4.69, 9.17) is 0 Å². The van der Waals surface area contributed by atoms with Crippen molar-refractivity contribution in [3.63, 3.8) is 0 Å². The first-order chi connectivity index (χ1) is 42.4. The summed E-state index contributed by atoms with van der Waals surface area (Å²) in [5.41, 5.74) is 15.9. The highest BCUT2D eigenvalue weighted by atomic mass is 15.1. The van der Waals surface area contributed by atoms with Gasteiger partial charge >= 0.3 is 0 Å². The molecule has 11 heteroatoms. The largest absolute Gasteiger partial charge is 0.261 e. The molecule has 0 saturated carbocycles. The van der Waals surface area contributed by atoms with E-state index >= 15 is 0 Å². The molecule has 0 aliphatic heterocycles. The van der Waals surface area contributed by atoms with E-state index in [1.165, 1.54) is 33.5 Å². The predicted octanol–water partition coefficient (Wildman–Crippen LogP) is 23.9. The van der Waals surface area contributed by atoms with Crippen LogP contribution < -0.4 is 0 Å². The van der Waals surface area contributed by atoms with Crippen LogP contribution in [0.5, 0.6) is 0 Å². The van der Waals surface area contributed by atoms with Gasteiger partial charge in [-0.3, -0.25) is 24.9 Å². The van der Waals surface area contributed by atoms with Crippen molar-refractivity contribution in [1.82, 2.24) is 55.1 Å². The minimum atomic E-state index is 0.0632. The first kappa shape index (κ1) is 99.3. The molecule has 7 aromatic rings. The van der Waals surface area contributed by atoms with E-state index in [0.717, 1.165) is 51.4 Å². The Morgan fingerprint density at radius 1 is 0.228 bits per heavy atom. The first-order valence-electron chi connectivity index (χ1n) is 34.4. The SMILES string of the molecule is CC.CC.CC.CC.CC.CC.CC.Cc1ccc(C(C)(C)C)cn1.Cc1ccc(C(C)(C)C)nc1.Cc1ccc(C(C)(C)C)nn1.Cc1cnc(C(C)(C)C)cc1C.Cc1cnc(C(C)(C)C)cn1.Cc1cnc(C(C)(C)C)nc1.Cc1ncc(C(C)(C)C)cn1. The molecule has 0 aliphatic rings. The monoisotopic (exact) mass is 1270 g/mol. The molecule has 11 nitrogen and oxygen atoms in total. The van der Waals surface area contributed by atoms with Crippen molar-refractivity contribution in [3.8, 4) is 0 Å². The van der Waals surface area contributed by atoms with Gasteiger partial charge in [-0.25, -0.2) is 19.9 Å². The van der Waals surface area contributed by atoms with Crippen LogP contribution >= 0.6 is 0 Å². The Morgan fingerprint density at radius 2 is 0.598 bits per heavy atom. The normalized spacial score (nSPS) is 10.3. The van der Waals surface area contributed by atoms with Crippen LogP contribution in [-0.2, 0) is 37.9 Å². The zero-order chi connectivity index (χ0) is 74.3. The number of pyridine rings is 3. The molecule has 92 heavy (non-hydrogen) atoms. The Kier molecular flexibility index (Phi) is 55.3. The number of aryl methyl sites for hydroxylation is 8. The van der Waals surface area contributed by atoms with Crippen LogP contribution in [0.15, 0.2) is 98.2 Å². The van der Waals surface area contributed by atoms with E-state index in [1.54, 1.807) is 6.20 Å². The van der Waals surface area contributed by atoms with Gasteiger partial charge in [-0.2, -0.15) is 10.2 Å². The molecule has 524 valence electrons. The molecular weight excluding hydrogens is 1130 g/mol. The van der Waals surface area contributed by atoms with Crippen LogP contribution in [-0.4, -0.2) is 55.1 Å². The molecule has 7 aromatic heterocycles. The van der Waals surface area contributed by atoms with Gasteiger partial charge in [0.05, 0.1) is 22.8 Å². The third kappa shape index (κ3) is 48.5. The summed E-state index contributed by atoms with van der Waals surface area (Å²) in [4.78, 5) is 38.2. The molecule has 7 rings (SSSR count). The summed E-state index contributed by atoms with van der Waals surface area (Å²) in [7, 11) is 0. The number of nitrogens with zero attached hydrogens (tertiary/aromatic N) is 11. The summed E-state index contributed by atoms with van der Waals surface area (Å²) < 4.78 is 0. The Hall–Kier alpha value is -6.23. The van der Waals surface area contributed by atoms with E-state index in [0.29, 0.717) is 0 Å². The maximum atomic E-state index is 4.41. The lowest BCUT2D eigenvalue weighted by atomic mass is 9.88. The summed E-state index contributed by atoms with van der Waals surface area (Å²) in [6.07, 6.45) is 17.0. The van der Waals surface area contributed by atoms with E-state index in [1.807, 2.05) is 193 Å². The Balaban J connectivity index is -0.000000177. The number of aromatic nitrogens is 11. The van der Waals surface area contributed by atoms with Gasteiger partial charge in [0.15, 0.2) is 0 Å². The van der Waals surface area contributed by atoms with Crippen molar-refractivity contribution in [2.75, 3.05) is 0 Å². The predicted molar refractivity (Wildman–Crippen MR) is 409 cm³/mol. The lowest BCUT2D eigenvalue weighted by molar-refractivity contribution is 0.544. The fourth-order valence-corrected chi connectivity index (χ4v) is 6.00. The Labute approximate surface area is 570 Å². The third-order valence-electron chi connectivity index (χ3n) is 11.8. The van der Waals surface area contributed by atoms with Crippen LogP contribution in [0.25, 0.3) is 0 Å². The Bertz CT molecular complexity index is 2340. The zero-order valence-corrected chi connectivity index (χ0v) is 68.2. The fraction of sp³-hybridized carbons (Fsp3) is 0.617. The third-order valence-corrected chi connectivity index (χ3v) is 11.8. The summed E-state index contributed by atoms with van der Waals surface area (Å²) >= 11 is 0. The first-order valence-corrected chi connectivity index (χ1v) is 34.4. The van der Waals surface area contributed by atoms with Crippen molar-refractivity contribution in [2.45, 2.75) is 336 Å². The van der Waals surface area contributed by atoms with Crippen LogP contribution in [0.2, 0.25) is 0 Å². The molecule has 0 N–H and O–H groups in total. The lowest BCUT2D eigenvalue weighted by Gasteiger charge is -2.18. The lowest BCUT2D eigenvalue weighted by Crippen LogP contribution is -2.15. The summed E-state index contributed by atoms with van der Waals surface area (Å²) in [5, 5.41) is 8.10.